The van der Waals surface area contributed by atoms with Crippen LogP contribution < -0.4 is 0 Å². The van der Waals surface area contributed by atoms with Crippen LogP contribution in [0.15, 0.2) is 30.3 Å². The fourth-order valence-corrected chi connectivity index (χ4v) is 7.30. The minimum absolute atomic E-state index is 0.0202. The molecular weight excluding hydrogens is 362 g/mol. The van der Waals surface area contributed by atoms with E-state index in [0.29, 0.717) is 26.2 Å². The molecule has 140 valence electrons. The van der Waals surface area contributed by atoms with Gasteiger partial charge in [-0.2, -0.15) is 17.0 Å². The van der Waals surface area contributed by atoms with E-state index in [4.69, 9.17) is 0 Å². The summed E-state index contributed by atoms with van der Waals surface area (Å²) in [6, 6.07) is 9.06. The Kier molecular flexibility index (Phi) is 5.23. The maximum absolute atomic E-state index is 12.8. The molecule has 2 fully saturated rings. The molecule has 1 aromatic rings. The molecule has 7 nitrogen and oxygen atoms in total. The minimum Gasteiger partial charge on any atom is -0.292 e. The summed E-state index contributed by atoms with van der Waals surface area (Å²) in [5.41, 5.74) is 1.10. The van der Waals surface area contributed by atoms with Crippen molar-refractivity contribution in [1.29, 1.82) is 0 Å². The first kappa shape index (κ1) is 18.8. The maximum Gasteiger partial charge on any atom is 0.282 e. The Morgan fingerprint density at radius 2 is 1.76 bits per heavy atom. The first-order chi connectivity index (χ1) is 11.7. The molecule has 0 amide bonds. The summed E-state index contributed by atoms with van der Waals surface area (Å²) >= 11 is 0. The Hall–Kier alpha value is -1.00. The van der Waals surface area contributed by atoms with Gasteiger partial charge in [0.15, 0.2) is 9.84 Å². The van der Waals surface area contributed by atoms with E-state index in [1.54, 1.807) is 6.92 Å². The first-order valence-corrected chi connectivity index (χ1v) is 11.7. The number of benzene rings is 1. The number of fused-ring (bicyclic) bond motifs is 1. The fourth-order valence-electron chi connectivity index (χ4n) is 3.64. The lowest BCUT2D eigenvalue weighted by atomic mass is 10.1. The Labute approximate surface area is 150 Å². The van der Waals surface area contributed by atoms with Gasteiger partial charge in [-0.1, -0.05) is 37.3 Å². The van der Waals surface area contributed by atoms with Gasteiger partial charge >= 0.3 is 0 Å². The number of sulfone groups is 1. The number of hydrogen-bond donors (Lipinski definition) is 0. The van der Waals surface area contributed by atoms with Crippen LogP contribution in [0.3, 0.4) is 0 Å². The molecule has 0 spiro atoms. The molecule has 1 aromatic carbocycles. The van der Waals surface area contributed by atoms with E-state index in [1.807, 2.05) is 30.3 Å². The number of hydrogen-bond acceptors (Lipinski definition) is 5. The van der Waals surface area contributed by atoms with Crippen molar-refractivity contribution in [3.8, 4) is 0 Å². The molecule has 25 heavy (non-hydrogen) atoms. The summed E-state index contributed by atoms with van der Waals surface area (Å²) in [7, 11) is -5.35. The fraction of sp³-hybridized carbons (Fsp3) is 0.625. The van der Waals surface area contributed by atoms with Gasteiger partial charge in [0.2, 0.25) is 0 Å². The van der Waals surface area contributed by atoms with Crippen molar-refractivity contribution in [1.82, 2.24) is 13.5 Å². The predicted octanol–water partition coefficient (Wildman–Crippen LogP) is 0.166. The Bertz CT molecular complexity index is 811. The molecule has 0 bridgehead atoms. The van der Waals surface area contributed by atoms with Crippen LogP contribution >= 0.6 is 0 Å². The smallest absolute Gasteiger partial charge is 0.282 e. The number of rotatable bonds is 5. The highest BCUT2D eigenvalue weighted by molar-refractivity contribution is 7.92. The summed E-state index contributed by atoms with van der Waals surface area (Å²) in [4.78, 5) is 2.11. The van der Waals surface area contributed by atoms with Crippen LogP contribution in [0.1, 0.15) is 12.5 Å². The van der Waals surface area contributed by atoms with Crippen LogP contribution in [-0.4, -0.2) is 80.6 Å². The number of nitrogens with zero attached hydrogens (tertiary/aromatic N) is 3. The monoisotopic (exact) mass is 387 g/mol. The summed E-state index contributed by atoms with van der Waals surface area (Å²) < 4.78 is 52.7. The van der Waals surface area contributed by atoms with Gasteiger partial charge < -0.3 is 0 Å². The Morgan fingerprint density at radius 1 is 1.12 bits per heavy atom. The van der Waals surface area contributed by atoms with Gasteiger partial charge in [-0.15, -0.1) is 0 Å². The van der Waals surface area contributed by atoms with E-state index in [2.05, 4.69) is 4.90 Å². The van der Waals surface area contributed by atoms with Crippen molar-refractivity contribution < 1.29 is 16.8 Å². The molecule has 2 aliphatic heterocycles. The summed E-state index contributed by atoms with van der Waals surface area (Å²) in [5.74, 6) is -0.0773. The average molecular weight is 388 g/mol. The zero-order valence-electron chi connectivity index (χ0n) is 14.6. The van der Waals surface area contributed by atoms with E-state index in [0.717, 1.165) is 5.56 Å². The van der Waals surface area contributed by atoms with Gasteiger partial charge in [-0.3, -0.25) is 4.90 Å². The molecule has 3 rings (SSSR count). The molecule has 9 heteroatoms. The van der Waals surface area contributed by atoms with E-state index < -0.39 is 26.1 Å². The standard InChI is InChI=1S/C16H25N3O4S2/c1-3-17(2)25(22,23)19-10-9-18(11-14-7-5-4-6-8-14)15-12-24(20,21)13-16(15)19/h4-8,15-16H,3,9-13H2,1-2H3/t15-,16+/m1/s1. The highest BCUT2D eigenvalue weighted by Gasteiger charge is 2.50. The van der Waals surface area contributed by atoms with Gasteiger partial charge in [0.25, 0.3) is 10.2 Å². The van der Waals surface area contributed by atoms with Crippen LogP contribution in [0.25, 0.3) is 0 Å². The Morgan fingerprint density at radius 3 is 2.40 bits per heavy atom. The third kappa shape index (κ3) is 3.75. The van der Waals surface area contributed by atoms with E-state index in [9.17, 15) is 16.8 Å². The summed E-state index contributed by atoms with van der Waals surface area (Å²) in [6.45, 7) is 3.61. The quantitative estimate of drug-likeness (QED) is 0.720. The maximum atomic E-state index is 12.8. The van der Waals surface area contributed by atoms with Crippen molar-refractivity contribution in [2.24, 2.45) is 0 Å². The molecular formula is C16H25N3O4S2. The highest BCUT2D eigenvalue weighted by atomic mass is 32.2. The lowest BCUT2D eigenvalue weighted by molar-refractivity contribution is 0.0856. The second-order valence-electron chi connectivity index (χ2n) is 6.70. The van der Waals surface area contributed by atoms with Crippen molar-refractivity contribution in [3.63, 3.8) is 0 Å². The lowest BCUT2D eigenvalue weighted by Crippen LogP contribution is -2.62. The van der Waals surface area contributed by atoms with Gasteiger partial charge in [-0.05, 0) is 5.56 Å². The van der Waals surface area contributed by atoms with Crippen molar-refractivity contribution in [2.45, 2.75) is 25.6 Å². The summed E-state index contributed by atoms with van der Waals surface area (Å²) in [5, 5.41) is 0. The van der Waals surface area contributed by atoms with Gasteiger partial charge in [-0.25, -0.2) is 8.42 Å². The molecule has 2 saturated heterocycles. The van der Waals surface area contributed by atoms with Gasteiger partial charge in [0.05, 0.1) is 17.5 Å². The topological polar surface area (TPSA) is 78.0 Å². The molecule has 0 saturated carbocycles. The van der Waals surface area contributed by atoms with Crippen LogP contribution in [0.4, 0.5) is 0 Å². The molecule has 0 aliphatic carbocycles. The lowest BCUT2D eigenvalue weighted by Gasteiger charge is -2.44. The van der Waals surface area contributed by atoms with Crippen molar-refractivity contribution >= 4 is 20.0 Å². The molecule has 0 radical (unpaired) electrons. The third-order valence-corrected chi connectivity index (χ3v) is 8.89. The molecule has 0 unspecified atom stereocenters. The van der Waals surface area contributed by atoms with Crippen LogP contribution in [-0.2, 0) is 26.6 Å². The highest BCUT2D eigenvalue weighted by Crippen LogP contribution is 2.30. The second-order valence-corrected chi connectivity index (χ2v) is 10.8. The van der Waals surface area contributed by atoms with Crippen molar-refractivity contribution in [3.05, 3.63) is 35.9 Å². The summed E-state index contributed by atoms with van der Waals surface area (Å²) in [6.07, 6.45) is 0. The van der Waals surface area contributed by atoms with Gasteiger partial charge in [0, 0.05) is 39.3 Å². The first-order valence-electron chi connectivity index (χ1n) is 8.46. The zero-order valence-corrected chi connectivity index (χ0v) is 16.2. The SMILES string of the molecule is CCN(C)S(=O)(=O)N1CCN(Cc2ccccc2)[C@@H]2CS(=O)(=O)C[C@@H]21. The Balaban J connectivity index is 1.87. The van der Waals surface area contributed by atoms with E-state index in [-0.39, 0.29) is 17.5 Å². The zero-order chi connectivity index (χ0) is 18.2. The van der Waals surface area contributed by atoms with E-state index in [1.165, 1.54) is 15.7 Å². The normalized spacial score (nSPS) is 27.5. The molecule has 2 aliphatic rings. The van der Waals surface area contributed by atoms with Crippen LogP contribution in [0.2, 0.25) is 0 Å². The predicted molar refractivity (Wildman–Crippen MR) is 97.0 cm³/mol. The third-order valence-electron chi connectivity index (χ3n) is 5.10. The second kappa shape index (κ2) is 6.96. The largest absolute Gasteiger partial charge is 0.292 e. The van der Waals surface area contributed by atoms with Crippen LogP contribution in [0.5, 0.6) is 0 Å². The molecule has 2 heterocycles. The van der Waals surface area contributed by atoms with Crippen LogP contribution in [0, 0.1) is 0 Å². The molecule has 0 N–H and O–H groups in total. The average Bonchev–Trinajstić information content (AvgIpc) is 2.90. The van der Waals surface area contributed by atoms with Crippen molar-refractivity contribution in [2.75, 3.05) is 38.2 Å². The molecule has 0 aromatic heterocycles. The van der Waals surface area contributed by atoms with Gasteiger partial charge in [0.1, 0.15) is 0 Å². The van der Waals surface area contributed by atoms with E-state index >= 15 is 0 Å². The minimum atomic E-state index is -3.64. The number of piperazine rings is 1. The molecule has 2 atom stereocenters.